The summed E-state index contributed by atoms with van der Waals surface area (Å²) in [5, 5.41) is 0. The zero-order valence-corrected chi connectivity index (χ0v) is 13.4. The molecule has 0 aliphatic rings. The van der Waals surface area contributed by atoms with Crippen molar-refractivity contribution in [1.82, 2.24) is 0 Å². The molecule has 2 aromatic carbocycles. The summed E-state index contributed by atoms with van der Waals surface area (Å²) in [7, 11) is 1.40. The lowest BCUT2D eigenvalue weighted by Gasteiger charge is -2.07. The molecular weight excluding hydrogens is 272 g/mol. The lowest BCUT2D eigenvalue weighted by molar-refractivity contribution is -0.134. The Morgan fingerprint density at radius 2 is 1.77 bits per heavy atom. The maximum absolute atomic E-state index is 11.2. The fraction of sp³-hybridized carbons (Fsp3) is 0.250. The molecule has 0 saturated heterocycles. The lowest BCUT2D eigenvalue weighted by Crippen LogP contribution is -1.97. The molecule has 0 fully saturated rings. The zero-order chi connectivity index (χ0) is 15.9. The molecule has 0 bridgehead atoms. The van der Waals surface area contributed by atoms with Gasteiger partial charge in [-0.1, -0.05) is 59.7 Å². The molecule has 0 atom stereocenters. The summed E-state index contributed by atoms with van der Waals surface area (Å²) in [5.41, 5.74) is 6.05. The van der Waals surface area contributed by atoms with Crippen LogP contribution in [0.1, 0.15) is 24.5 Å². The second kappa shape index (κ2) is 7.60. The number of hydrogen-bond acceptors (Lipinski definition) is 2. The van der Waals surface area contributed by atoms with E-state index in [4.69, 9.17) is 0 Å². The van der Waals surface area contributed by atoms with Crippen LogP contribution in [0.15, 0.2) is 60.2 Å². The third-order valence-corrected chi connectivity index (χ3v) is 3.65. The van der Waals surface area contributed by atoms with Gasteiger partial charge in [0.05, 0.1) is 7.11 Å². The van der Waals surface area contributed by atoms with Crippen LogP contribution in [0.2, 0.25) is 0 Å². The van der Waals surface area contributed by atoms with Crippen molar-refractivity contribution < 1.29 is 9.53 Å². The quantitative estimate of drug-likeness (QED) is 0.589. The van der Waals surface area contributed by atoms with E-state index < -0.39 is 0 Å². The maximum Gasteiger partial charge on any atom is 0.330 e. The van der Waals surface area contributed by atoms with E-state index in [0.717, 1.165) is 18.4 Å². The molecule has 2 nitrogen and oxygen atoms in total. The summed E-state index contributed by atoms with van der Waals surface area (Å²) >= 11 is 0. The van der Waals surface area contributed by atoms with Gasteiger partial charge in [-0.25, -0.2) is 4.79 Å². The SMILES string of the molecule is COC(=O)/C=C(\C)CCc1cccc(-c2cccc(C)c2)c1. The Hall–Kier alpha value is -2.35. The van der Waals surface area contributed by atoms with Crippen molar-refractivity contribution >= 4 is 5.97 Å². The van der Waals surface area contributed by atoms with Crippen LogP contribution in [-0.4, -0.2) is 13.1 Å². The van der Waals surface area contributed by atoms with Crippen molar-refractivity contribution in [1.29, 1.82) is 0 Å². The van der Waals surface area contributed by atoms with Crippen molar-refractivity contribution in [2.75, 3.05) is 7.11 Å². The van der Waals surface area contributed by atoms with Gasteiger partial charge in [0.1, 0.15) is 0 Å². The summed E-state index contributed by atoms with van der Waals surface area (Å²) in [6, 6.07) is 17.1. The van der Waals surface area contributed by atoms with Gasteiger partial charge >= 0.3 is 5.97 Å². The molecule has 0 amide bonds. The highest BCUT2D eigenvalue weighted by molar-refractivity contribution is 5.82. The zero-order valence-electron chi connectivity index (χ0n) is 13.4. The van der Waals surface area contributed by atoms with Crippen LogP contribution in [-0.2, 0) is 16.0 Å². The number of carbonyl (C=O) groups is 1. The third kappa shape index (κ3) is 4.59. The lowest BCUT2D eigenvalue weighted by atomic mass is 9.98. The number of aryl methyl sites for hydroxylation is 2. The van der Waals surface area contributed by atoms with E-state index in [1.54, 1.807) is 6.08 Å². The van der Waals surface area contributed by atoms with Gasteiger partial charge in [-0.15, -0.1) is 0 Å². The Kier molecular flexibility index (Phi) is 5.54. The molecule has 0 N–H and O–H groups in total. The predicted molar refractivity (Wildman–Crippen MR) is 90.7 cm³/mol. The van der Waals surface area contributed by atoms with E-state index in [-0.39, 0.29) is 5.97 Å². The van der Waals surface area contributed by atoms with E-state index >= 15 is 0 Å². The first-order valence-corrected chi connectivity index (χ1v) is 7.49. The molecule has 0 unspecified atom stereocenters. The first-order valence-electron chi connectivity index (χ1n) is 7.49. The fourth-order valence-electron chi connectivity index (χ4n) is 2.40. The molecule has 22 heavy (non-hydrogen) atoms. The Balaban J connectivity index is 2.09. The summed E-state index contributed by atoms with van der Waals surface area (Å²) in [5.74, 6) is -0.286. The molecule has 0 aliphatic carbocycles. The normalized spacial score (nSPS) is 11.3. The van der Waals surface area contributed by atoms with Gasteiger partial charge in [-0.05, 0) is 43.4 Å². The second-order valence-electron chi connectivity index (χ2n) is 5.58. The first-order chi connectivity index (χ1) is 10.6. The number of allylic oxidation sites excluding steroid dienone is 1. The fourth-order valence-corrected chi connectivity index (χ4v) is 2.40. The Morgan fingerprint density at radius 3 is 2.45 bits per heavy atom. The van der Waals surface area contributed by atoms with E-state index in [2.05, 4.69) is 60.2 Å². The minimum Gasteiger partial charge on any atom is -0.466 e. The average molecular weight is 294 g/mol. The highest BCUT2D eigenvalue weighted by atomic mass is 16.5. The average Bonchev–Trinajstić information content (AvgIpc) is 2.53. The van der Waals surface area contributed by atoms with Crippen LogP contribution >= 0.6 is 0 Å². The van der Waals surface area contributed by atoms with Crippen LogP contribution in [0.5, 0.6) is 0 Å². The molecule has 0 radical (unpaired) electrons. The molecule has 0 heterocycles. The summed E-state index contributed by atoms with van der Waals surface area (Å²) < 4.78 is 4.65. The third-order valence-electron chi connectivity index (χ3n) is 3.65. The number of benzene rings is 2. The summed E-state index contributed by atoms with van der Waals surface area (Å²) in [6.07, 6.45) is 3.33. The smallest absolute Gasteiger partial charge is 0.330 e. The van der Waals surface area contributed by atoms with Crippen LogP contribution in [0.3, 0.4) is 0 Å². The highest BCUT2D eigenvalue weighted by Gasteiger charge is 2.02. The molecule has 0 spiro atoms. The minimum absolute atomic E-state index is 0.286. The Labute approximate surface area is 132 Å². The molecule has 0 saturated carbocycles. The van der Waals surface area contributed by atoms with E-state index in [9.17, 15) is 4.79 Å². The summed E-state index contributed by atoms with van der Waals surface area (Å²) in [4.78, 5) is 11.2. The first kappa shape index (κ1) is 16.0. The topological polar surface area (TPSA) is 26.3 Å². The number of rotatable bonds is 5. The number of hydrogen-bond donors (Lipinski definition) is 0. The van der Waals surface area contributed by atoms with E-state index in [1.807, 2.05) is 6.92 Å². The van der Waals surface area contributed by atoms with Crippen LogP contribution in [0.4, 0.5) is 0 Å². The van der Waals surface area contributed by atoms with Gasteiger partial charge < -0.3 is 4.74 Å². The molecule has 114 valence electrons. The summed E-state index contributed by atoms with van der Waals surface area (Å²) in [6.45, 7) is 4.07. The molecule has 2 rings (SSSR count). The minimum atomic E-state index is -0.286. The van der Waals surface area contributed by atoms with Crippen molar-refractivity contribution in [2.24, 2.45) is 0 Å². The van der Waals surface area contributed by atoms with Gasteiger partial charge in [0.2, 0.25) is 0 Å². The standard InChI is InChI=1S/C20H22O2/c1-15-6-4-8-18(12-15)19-9-5-7-17(14-19)11-10-16(2)13-20(21)22-3/h4-9,12-14H,10-11H2,1-3H3/b16-13+. The number of ether oxygens (including phenoxy) is 1. The highest BCUT2D eigenvalue weighted by Crippen LogP contribution is 2.22. The van der Waals surface area contributed by atoms with Crippen LogP contribution < -0.4 is 0 Å². The molecular formula is C20H22O2. The van der Waals surface area contributed by atoms with Crippen molar-refractivity contribution in [2.45, 2.75) is 26.7 Å². The second-order valence-corrected chi connectivity index (χ2v) is 5.58. The molecule has 0 aliphatic heterocycles. The van der Waals surface area contributed by atoms with Gasteiger partial charge in [0.15, 0.2) is 0 Å². The van der Waals surface area contributed by atoms with Crippen molar-refractivity contribution in [3.63, 3.8) is 0 Å². The van der Waals surface area contributed by atoms with E-state index in [1.165, 1.54) is 29.4 Å². The van der Waals surface area contributed by atoms with Gasteiger partial charge in [-0.3, -0.25) is 0 Å². The van der Waals surface area contributed by atoms with Crippen LogP contribution in [0, 0.1) is 6.92 Å². The van der Waals surface area contributed by atoms with Gasteiger partial charge in [0.25, 0.3) is 0 Å². The maximum atomic E-state index is 11.2. The molecule has 2 aromatic rings. The van der Waals surface area contributed by atoms with Gasteiger partial charge in [0, 0.05) is 6.08 Å². The largest absolute Gasteiger partial charge is 0.466 e. The Bertz CT molecular complexity index is 684. The predicted octanol–water partition coefficient (Wildman–Crippen LogP) is 4.71. The van der Waals surface area contributed by atoms with Crippen LogP contribution in [0.25, 0.3) is 11.1 Å². The monoisotopic (exact) mass is 294 g/mol. The van der Waals surface area contributed by atoms with Crippen molar-refractivity contribution in [3.8, 4) is 11.1 Å². The number of methoxy groups -OCH3 is 1. The van der Waals surface area contributed by atoms with Crippen molar-refractivity contribution in [3.05, 3.63) is 71.3 Å². The molecule has 0 aromatic heterocycles. The van der Waals surface area contributed by atoms with Gasteiger partial charge in [-0.2, -0.15) is 0 Å². The molecule has 2 heteroatoms. The van der Waals surface area contributed by atoms with E-state index in [0.29, 0.717) is 0 Å². The number of esters is 1. The Morgan fingerprint density at radius 1 is 1.09 bits per heavy atom. The number of carbonyl (C=O) groups excluding carboxylic acids is 1.